The van der Waals surface area contributed by atoms with Gasteiger partial charge in [0.25, 0.3) is 0 Å². The largest absolute Gasteiger partial charge is 0.493 e. The summed E-state index contributed by atoms with van der Waals surface area (Å²) < 4.78 is 0. The average Bonchev–Trinajstić information content (AvgIpc) is 2.56. The molecule has 0 unspecified atom stereocenters. The summed E-state index contributed by atoms with van der Waals surface area (Å²) >= 11 is 1.38. The van der Waals surface area contributed by atoms with Crippen LogP contribution in [0.1, 0.15) is 5.56 Å². The van der Waals surface area contributed by atoms with Crippen LogP contribution in [0, 0.1) is 6.92 Å². The predicted octanol–water partition coefficient (Wildman–Crippen LogP) is 2.90. The van der Waals surface area contributed by atoms with E-state index >= 15 is 0 Å². The summed E-state index contributed by atoms with van der Waals surface area (Å²) in [5.74, 6) is 0.0598. The molecule has 0 bridgehead atoms. The zero-order chi connectivity index (χ0) is 9.97. The topological polar surface area (TPSA) is 45.2 Å². The minimum absolute atomic E-state index is 0.0598. The van der Waals surface area contributed by atoms with Gasteiger partial charge in [0.15, 0.2) is 5.13 Å². The molecular weight excluding hydrogens is 196 g/mol. The summed E-state index contributed by atoms with van der Waals surface area (Å²) in [5, 5.41) is 14.4. The molecule has 2 rings (SSSR count). The molecule has 2 N–H and O–H groups in total. The zero-order valence-electron chi connectivity index (χ0n) is 7.69. The number of hydrogen-bond acceptors (Lipinski definition) is 4. The maximum atomic E-state index is 9.03. The summed E-state index contributed by atoms with van der Waals surface area (Å²) in [5.41, 5.74) is 2.20. The molecule has 4 heteroatoms. The summed E-state index contributed by atoms with van der Waals surface area (Å²) in [6.45, 7) is 2.04. The van der Waals surface area contributed by atoms with Crippen LogP contribution in [-0.2, 0) is 0 Å². The van der Waals surface area contributed by atoms with Crippen molar-refractivity contribution < 1.29 is 5.11 Å². The molecule has 72 valence electrons. The van der Waals surface area contributed by atoms with Crippen molar-refractivity contribution in [1.82, 2.24) is 4.98 Å². The molecule has 0 amide bonds. The Labute approximate surface area is 86.1 Å². The van der Waals surface area contributed by atoms with Crippen LogP contribution in [0.25, 0.3) is 0 Å². The highest BCUT2D eigenvalue weighted by atomic mass is 32.1. The summed E-state index contributed by atoms with van der Waals surface area (Å²) in [7, 11) is 0. The lowest BCUT2D eigenvalue weighted by molar-refractivity contribution is 0.458. The first-order valence-electron chi connectivity index (χ1n) is 4.22. The highest BCUT2D eigenvalue weighted by Gasteiger charge is 1.99. The minimum Gasteiger partial charge on any atom is -0.493 e. The molecule has 1 aromatic carbocycles. The van der Waals surface area contributed by atoms with Crippen LogP contribution < -0.4 is 5.32 Å². The first-order valence-corrected chi connectivity index (χ1v) is 5.10. The van der Waals surface area contributed by atoms with Crippen molar-refractivity contribution in [2.45, 2.75) is 6.92 Å². The number of hydrogen-bond donors (Lipinski definition) is 2. The molecule has 0 saturated carbocycles. The van der Waals surface area contributed by atoms with Gasteiger partial charge in [-0.15, -0.1) is 11.3 Å². The van der Waals surface area contributed by atoms with E-state index in [1.54, 1.807) is 5.38 Å². The van der Waals surface area contributed by atoms with Gasteiger partial charge < -0.3 is 10.4 Å². The molecule has 1 aromatic heterocycles. The van der Waals surface area contributed by atoms with E-state index < -0.39 is 0 Å². The molecule has 1 heterocycles. The summed E-state index contributed by atoms with van der Waals surface area (Å²) in [6.07, 6.45) is 0. The molecule has 0 saturated heterocycles. The van der Waals surface area contributed by atoms with Gasteiger partial charge in [-0.3, -0.25) is 0 Å². The Morgan fingerprint density at radius 2 is 2.00 bits per heavy atom. The number of aromatic nitrogens is 1. The van der Waals surface area contributed by atoms with Crippen molar-refractivity contribution in [3.05, 3.63) is 35.2 Å². The molecule has 0 fully saturated rings. The van der Waals surface area contributed by atoms with E-state index in [9.17, 15) is 0 Å². The number of nitrogens with zero attached hydrogens (tertiary/aromatic N) is 1. The Morgan fingerprint density at radius 3 is 2.57 bits per heavy atom. The van der Waals surface area contributed by atoms with E-state index in [1.165, 1.54) is 16.9 Å². The first-order chi connectivity index (χ1) is 6.74. The SMILES string of the molecule is Cc1ccc(Nc2nc(O)cs2)cc1. The van der Waals surface area contributed by atoms with Crippen LogP contribution >= 0.6 is 11.3 Å². The van der Waals surface area contributed by atoms with Crippen molar-refractivity contribution in [1.29, 1.82) is 0 Å². The smallest absolute Gasteiger partial charge is 0.223 e. The maximum Gasteiger partial charge on any atom is 0.223 e. The molecular formula is C10H10N2OS. The van der Waals surface area contributed by atoms with Gasteiger partial charge in [0, 0.05) is 5.69 Å². The quantitative estimate of drug-likeness (QED) is 0.794. The Balaban J connectivity index is 2.15. The molecule has 3 nitrogen and oxygen atoms in total. The fourth-order valence-electron chi connectivity index (χ4n) is 1.08. The molecule has 0 radical (unpaired) electrons. The van der Waals surface area contributed by atoms with Gasteiger partial charge in [0.1, 0.15) is 0 Å². The Hall–Kier alpha value is -1.55. The van der Waals surface area contributed by atoms with Gasteiger partial charge in [0.2, 0.25) is 5.88 Å². The third kappa shape index (κ3) is 2.03. The van der Waals surface area contributed by atoms with E-state index in [2.05, 4.69) is 10.3 Å². The lowest BCUT2D eigenvalue weighted by Crippen LogP contribution is -1.88. The van der Waals surface area contributed by atoms with Gasteiger partial charge in [-0.05, 0) is 19.1 Å². The second-order valence-corrected chi connectivity index (χ2v) is 3.86. The molecule has 0 spiro atoms. The van der Waals surface area contributed by atoms with E-state index in [0.717, 1.165) is 5.69 Å². The minimum atomic E-state index is 0.0598. The molecule has 0 aliphatic carbocycles. The molecule has 0 aliphatic heterocycles. The number of anilines is 2. The number of benzene rings is 1. The third-order valence-electron chi connectivity index (χ3n) is 1.79. The average molecular weight is 206 g/mol. The molecule has 0 aliphatic rings. The first kappa shape index (κ1) is 9.02. The monoisotopic (exact) mass is 206 g/mol. The van der Waals surface area contributed by atoms with Crippen LogP contribution in [0.3, 0.4) is 0 Å². The normalized spacial score (nSPS) is 10.1. The Bertz CT molecular complexity index is 422. The Morgan fingerprint density at radius 1 is 1.29 bits per heavy atom. The Kier molecular flexibility index (Phi) is 2.37. The van der Waals surface area contributed by atoms with E-state index in [0.29, 0.717) is 5.13 Å². The fourth-order valence-corrected chi connectivity index (χ4v) is 1.68. The second kappa shape index (κ2) is 3.67. The third-order valence-corrected chi connectivity index (χ3v) is 2.54. The summed E-state index contributed by atoms with van der Waals surface area (Å²) in [6, 6.07) is 8.01. The van der Waals surface area contributed by atoms with Crippen molar-refractivity contribution in [3.63, 3.8) is 0 Å². The van der Waals surface area contributed by atoms with Crippen molar-refractivity contribution >= 4 is 22.2 Å². The molecule has 14 heavy (non-hydrogen) atoms. The lowest BCUT2D eigenvalue weighted by atomic mass is 10.2. The van der Waals surface area contributed by atoms with Gasteiger partial charge in [0.05, 0.1) is 5.38 Å². The zero-order valence-corrected chi connectivity index (χ0v) is 8.51. The van der Waals surface area contributed by atoms with Crippen molar-refractivity contribution in [2.24, 2.45) is 0 Å². The number of rotatable bonds is 2. The lowest BCUT2D eigenvalue weighted by Gasteiger charge is -2.01. The van der Waals surface area contributed by atoms with Crippen LogP contribution in [0.4, 0.5) is 10.8 Å². The van der Waals surface area contributed by atoms with Crippen LogP contribution in [0.2, 0.25) is 0 Å². The highest BCUT2D eigenvalue weighted by molar-refractivity contribution is 7.13. The van der Waals surface area contributed by atoms with Crippen molar-refractivity contribution in [2.75, 3.05) is 5.32 Å². The molecule has 2 aromatic rings. The summed E-state index contributed by atoms with van der Waals surface area (Å²) in [4.78, 5) is 3.89. The van der Waals surface area contributed by atoms with Gasteiger partial charge in [-0.1, -0.05) is 17.7 Å². The van der Waals surface area contributed by atoms with Gasteiger partial charge in [-0.2, -0.15) is 4.98 Å². The number of nitrogens with one attached hydrogen (secondary N) is 1. The van der Waals surface area contributed by atoms with Crippen molar-refractivity contribution in [3.8, 4) is 5.88 Å². The molecule has 0 atom stereocenters. The maximum absolute atomic E-state index is 9.03. The van der Waals surface area contributed by atoms with Crippen LogP contribution in [0.15, 0.2) is 29.6 Å². The highest BCUT2D eigenvalue weighted by Crippen LogP contribution is 2.23. The second-order valence-electron chi connectivity index (χ2n) is 3.00. The van der Waals surface area contributed by atoms with E-state index in [-0.39, 0.29) is 5.88 Å². The standard InChI is InChI=1S/C10H10N2OS/c1-7-2-4-8(5-3-7)11-10-12-9(13)6-14-10/h2-6,13H,1H3,(H,11,12). The number of aromatic hydroxyl groups is 1. The van der Waals surface area contributed by atoms with Gasteiger partial charge in [-0.25, -0.2) is 0 Å². The number of aryl methyl sites for hydroxylation is 1. The van der Waals surface area contributed by atoms with E-state index in [4.69, 9.17) is 5.11 Å². The fraction of sp³-hybridized carbons (Fsp3) is 0.100. The number of thiazole rings is 1. The van der Waals surface area contributed by atoms with Gasteiger partial charge >= 0.3 is 0 Å². The van der Waals surface area contributed by atoms with E-state index in [1.807, 2.05) is 31.2 Å². The van der Waals surface area contributed by atoms with Crippen LogP contribution in [0.5, 0.6) is 5.88 Å². The van der Waals surface area contributed by atoms with Crippen LogP contribution in [-0.4, -0.2) is 10.1 Å². The predicted molar refractivity (Wildman–Crippen MR) is 58.2 cm³/mol.